The maximum atomic E-state index is 12.6. The molecular formula is C13H17O4P. The van der Waals surface area contributed by atoms with Crippen LogP contribution in [0.25, 0.3) is 0 Å². The van der Waals surface area contributed by atoms with Crippen LogP contribution in [0.3, 0.4) is 0 Å². The Morgan fingerprint density at radius 2 is 2.06 bits per heavy atom. The molecule has 2 aliphatic rings. The van der Waals surface area contributed by atoms with Crippen molar-refractivity contribution in [3.63, 3.8) is 0 Å². The molecule has 0 bridgehead atoms. The van der Waals surface area contributed by atoms with Gasteiger partial charge < -0.3 is 14.0 Å². The molecule has 2 fully saturated rings. The van der Waals surface area contributed by atoms with E-state index in [1.165, 1.54) is 0 Å². The maximum absolute atomic E-state index is 12.6. The summed E-state index contributed by atoms with van der Waals surface area (Å²) < 4.78 is 29.6. The Bertz CT molecular complexity index is 461. The van der Waals surface area contributed by atoms with E-state index in [1.807, 2.05) is 30.3 Å². The van der Waals surface area contributed by atoms with E-state index in [9.17, 15) is 4.57 Å². The van der Waals surface area contributed by atoms with Crippen LogP contribution in [0.5, 0.6) is 0 Å². The molecule has 3 unspecified atom stereocenters. The molecule has 5 heteroatoms. The van der Waals surface area contributed by atoms with E-state index in [1.54, 1.807) is 6.66 Å². The third kappa shape index (κ3) is 2.26. The summed E-state index contributed by atoms with van der Waals surface area (Å²) in [5, 5.41) is 0.742. The van der Waals surface area contributed by atoms with E-state index in [-0.39, 0.29) is 18.3 Å². The van der Waals surface area contributed by atoms with Crippen LogP contribution in [-0.4, -0.2) is 38.2 Å². The van der Waals surface area contributed by atoms with Gasteiger partial charge in [-0.2, -0.15) is 0 Å². The van der Waals surface area contributed by atoms with Gasteiger partial charge in [0, 0.05) is 18.6 Å². The molecule has 2 aliphatic heterocycles. The fraction of sp³-hybridized carbons (Fsp3) is 0.538. The molecule has 1 aromatic rings. The lowest BCUT2D eigenvalue weighted by Gasteiger charge is -2.21. The predicted octanol–water partition coefficient (Wildman–Crippen LogP) is 1.79. The van der Waals surface area contributed by atoms with Crippen molar-refractivity contribution in [1.29, 1.82) is 0 Å². The van der Waals surface area contributed by atoms with Crippen molar-refractivity contribution in [2.75, 3.05) is 19.9 Å². The smallest absolute Gasteiger partial charge is 0.229 e. The van der Waals surface area contributed by atoms with Crippen LogP contribution in [0.4, 0.5) is 0 Å². The van der Waals surface area contributed by atoms with E-state index in [0.29, 0.717) is 13.2 Å². The second kappa shape index (κ2) is 4.78. The van der Waals surface area contributed by atoms with E-state index < -0.39 is 7.37 Å². The number of rotatable bonds is 3. The Labute approximate surface area is 107 Å². The molecule has 0 radical (unpaired) electrons. The Morgan fingerprint density at radius 1 is 1.28 bits per heavy atom. The van der Waals surface area contributed by atoms with Gasteiger partial charge in [-0.1, -0.05) is 18.2 Å². The van der Waals surface area contributed by atoms with Crippen molar-refractivity contribution in [1.82, 2.24) is 0 Å². The minimum atomic E-state index is -2.80. The molecule has 0 aliphatic carbocycles. The van der Waals surface area contributed by atoms with E-state index in [2.05, 4.69) is 0 Å². The molecule has 3 rings (SSSR count). The average molecular weight is 268 g/mol. The first kappa shape index (κ1) is 12.4. The molecule has 0 N–H and O–H groups in total. The molecule has 2 saturated heterocycles. The van der Waals surface area contributed by atoms with Crippen LogP contribution >= 0.6 is 7.37 Å². The third-order valence-electron chi connectivity index (χ3n) is 3.48. The molecule has 1 aromatic carbocycles. The summed E-state index contributed by atoms with van der Waals surface area (Å²) in [4.78, 5) is 0. The number of hydrogen-bond acceptors (Lipinski definition) is 4. The van der Waals surface area contributed by atoms with Crippen LogP contribution in [0, 0.1) is 0 Å². The predicted molar refractivity (Wildman–Crippen MR) is 68.6 cm³/mol. The summed E-state index contributed by atoms with van der Waals surface area (Å²) in [6.45, 7) is 2.83. The highest BCUT2D eigenvalue weighted by Gasteiger charge is 2.44. The summed E-state index contributed by atoms with van der Waals surface area (Å²) in [5.74, 6) is 0. The van der Waals surface area contributed by atoms with Crippen molar-refractivity contribution in [3.8, 4) is 0 Å². The van der Waals surface area contributed by atoms with Gasteiger partial charge in [-0.3, -0.25) is 4.57 Å². The van der Waals surface area contributed by atoms with Gasteiger partial charge in [-0.05, 0) is 18.6 Å². The fourth-order valence-corrected chi connectivity index (χ4v) is 4.07. The lowest BCUT2D eigenvalue weighted by molar-refractivity contribution is 0.0333. The first-order valence-electron chi connectivity index (χ1n) is 6.21. The molecule has 0 saturated carbocycles. The summed E-state index contributed by atoms with van der Waals surface area (Å²) in [7, 11) is -2.80. The second-order valence-corrected chi connectivity index (χ2v) is 7.24. The summed E-state index contributed by atoms with van der Waals surface area (Å²) in [6.07, 6.45) is 0.755. The lowest BCUT2D eigenvalue weighted by Crippen LogP contribution is -2.30. The Morgan fingerprint density at radius 3 is 2.83 bits per heavy atom. The third-order valence-corrected chi connectivity index (χ3v) is 5.39. The Kier molecular flexibility index (Phi) is 3.29. The maximum Gasteiger partial charge on any atom is 0.229 e. The molecule has 18 heavy (non-hydrogen) atoms. The van der Waals surface area contributed by atoms with Crippen molar-refractivity contribution in [2.24, 2.45) is 0 Å². The first-order chi connectivity index (χ1) is 8.67. The molecule has 4 atom stereocenters. The van der Waals surface area contributed by atoms with Crippen LogP contribution in [0.15, 0.2) is 30.3 Å². The first-order valence-corrected chi connectivity index (χ1v) is 8.29. The zero-order valence-corrected chi connectivity index (χ0v) is 11.2. The average Bonchev–Trinajstić information content (AvgIpc) is 2.95. The van der Waals surface area contributed by atoms with Gasteiger partial charge >= 0.3 is 0 Å². The van der Waals surface area contributed by atoms with E-state index in [4.69, 9.17) is 14.0 Å². The SMILES string of the molecule is CP(=O)(O[C@@H]1COC2CCOC21)c1ccccc1. The monoisotopic (exact) mass is 268 g/mol. The van der Waals surface area contributed by atoms with Gasteiger partial charge in [0.2, 0.25) is 7.37 Å². The molecule has 0 amide bonds. The number of benzene rings is 1. The number of ether oxygens (including phenoxy) is 2. The zero-order chi connectivity index (χ0) is 12.6. The number of fused-ring (bicyclic) bond motifs is 1. The van der Waals surface area contributed by atoms with Crippen LogP contribution in [0.2, 0.25) is 0 Å². The van der Waals surface area contributed by atoms with Crippen molar-refractivity contribution < 1.29 is 18.6 Å². The van der Waals surface area contributed by atoms with Crippen LogP contribution in [0.1, 0.15) is 6.42 Å². The van der Waals surface area contributed by atoms with Crippen molar-refractivity contribution in [3.05, 3.63) is 30.3 Å². The largest absolute Gasteiger partial charge is 0.373 e. The highest BCUT2D eigenvalue weighted by Crippen LogP contribution is 2.45. The molecule has 0 spiro atoms. The van der Waals surface area contributed by atoms with Crippen LogP contribution in [-0.2, 0) is 18.6 Å². The Hall–Kier alpha value is -0.670. The normalized spacial score (nSPS) is 34.2. The van der Waals surface area contributed by atoms with E-state index in [0.717, 1.165) is 11.7 Å². The quantitative estimate of drug-likeness (QED) is 0.784. The summed E-state index contributed by atoms with van der Waals surface area (Å²) in [5.41, 5.74) is 0. The number of hydrogen-bond donors (Lipinski definition) is 0. The summed E-state index contributed by atoms with van der Waals surface area (Å²) in [6, 6.07) is 9.31. The molecular weight excluding hydrogens is 251 g/mol. The van der Waals surface area contributed by atoms with Gasteiger partial charge in [-0.25, -0.2) is 0 Å². The minimum Gasteiger partial charge on any atom is -0.373 e. The van der Waals surface area contributed by atoms with Crippen molar-refractivity contribution in [2.45, 2.75) is 24.7 Å². The van der Waals surface area contributed by atoms with Crippen LogP contribution < -0.4 is 5.30 Å². The lowest BCUT2D eigenvalue weighted by atomic mass is 10.1. The van der Waals surface area contributed by atoms with Gasteiger partial charge in [0.15, 0.2) is 0 Å². The Balaban J connectivity index is 1.74. The zero-order valence-electron chi connectivity index (χ0n) is 10.3. The molecule has 2 heterocycles. The second-order valence-electron chi connectivity index (χ2n) is 4.82. The molecule has 98 valence electrons. The molecule has 0 aromatic heterocycles. The van der Waals surface area contributed by atoms with E-state index >= 15 is 0 Å². The van der Waals surface area contributed by atoms with Gasteiger partial charge in [-0.15, -0.1) is 0 Å². The minimum absolute atomic E-state index is 0.0537. The highest BCUT2D eigenvalue weighted by atomic mass is 31.2. The molecule has 4 nitrogen and oxygen atoms in total. The van der Waals surface area contributed by atoms with Crippen molar-refractivity contribution >= 4 is 12.7 Å². The van der Waals surface area contributed by atoms with Gasteiger partial charge in [0.05, 0.1) is 12.7 Å². The standard InChI is InChI=1S/C13H17O4P/c1-18(14,10-5-3-2-4-6-10)17-12-9-16-11-7-8-15-13(11)12/h2-6,11-13H,7-9H2,1H3/t11?,12-,13?,18?/m1/s1. The highest BCUT2D eigenvalue weighted by molar-refractivity contribution is 7.66. The topological polar surface area (TPSA) is 44.8 Å². The van der Waals surface area contributed by atoms with Gasteiger partial charge in [0.1, 0.15) is 12.2 Å². The van der Waals surface area contributed by atoms with Gasteiger partial charge in [0.25, 0.3) is 0 Å². The summed E-state index contributed by atoms with van der Waals surface area (Å²) >= 11 is 0. The fourth-order valence-electron chi connectivity index (χ4n) is 2.54.